The van der Waals surface area contributed by atoms with Crippen LogP contribution in [0.5, 0.6) is 11.5 Å². The highest BCUT2D eigenvalue weighted by molar-refractivity contribution is 6.05. The first kappa shape index (κ1) is 18.0. The molecule has 1 atom stereocenters. The molecule has 1 aromatic heterocycles. The van der Waals surface area contributed by atoms with Gasteiger partial charge in [0.25, 0.3) is 5.91 Å². The second-order valence-corrected chi connectivity index (χ2v) is 5.97. The molecule has 7 heteroatoms. The van der Waals surface area contributed by atoms with E-state index in [2.05, 4.69) is 15.6 Å². The van der Waals surface area contributed by atoms with Gasteiger partial charge in [0, 0.05) is 25.4 Å². The number of hydrogen-bond acceptors (Lipinski definition) is 6. The van der Waals surface area contributed by atoms with E-state index < -0.39 is 0 Å². The van der Waals surface area contributed by atoms with E-state index in [1.54, 1.807) is 50.7 Å². The predicted molar refractivity (Wildman–Crippen MR) is 99.2 cm³/mol. The number of carbonyl (C=O) groups is 1. The Morgan fingerprint density at radius 1 is 1.27 bits per heavy atom. The van der Waals surface area contributed by atoms with Crippen molar-refractivity contribution < 1.29 is 19.0 Å². The zero-order valence-electron chi connectivity index (χ0n) is 15.0. The Bertz CT molecular complexity index is 743. The lowest BCUT2D eigenvalue weighted by Gasteiger charge is -2.13. The first-order valence-corrected chi connectivity index (χ1v) is 8.54. The molecule has 1 amide bonds. The van der Waals surface area contributed by atoms with Crippen LogP contribution >= 0.6 is 0 Å². The number of aromatic nitrogens is 1. The van der Waals surface area contributed by atoms with E-state index >= 15 is 0 Å². The fourth-order valence-corrected chi connectivity index (χ4v) is 2.76. The molecular weight excluding hydrogens is 334 g/mol. The smallest absolute Gasteiger partial charge is 0.257 e. The van der Waals surface area contributed by atoms with Gasteiger partial charge in [-0.1, -0.05) is 0 Å². The van der Waals surface area contributed by atoms with E-state index in [9.17, 15) is 4.79 Å². The Morgan fingerprint density at radius 3 is 2.81 bits per heavy atom. The van der Waals surface area contributed by atoms with Crippen LogP contribution in [0.25, 0.3) is 0 Å². The molecule has 7 nitrogen and oxygen atoms in total. The number of nitrogens with one attached hydrogen (secondary N) is 2. The molecule has 2 N–H and O–H groups in total. The molecule has 2 heterocycles. The second-order valence-electron chi connectivity index (χ2n) is 5.97. The van der Waals surface area contributed by atoms with Gasteiger partial charge >= 0.3 is 0 Å². The van der Waals surface area contributed by atoms with Crippen LogP contribution in [0.4, 0.5) is 11.5 Å². The van der Waals surface area contributed by atoms with Crippen molar-refractivity contribution in [2.24, 2.45) is 0 Å². The van der Waals surface area contributed by atoms with Gasteiger partial charge in [0.15, 0.2) is 0 Å². The van der Waals surface area contributed by atoms with Crippen molar-refractivity contribution >= 4 is 17.4 Å². The summed E-state index contributed by atoms with van der Waals surface area (Å²) in [6.45, 7) is 1.55. The molecule has 0 spiro atoms. The van der Waals surface area contributed by atoms with Crippen molar-refractivity contribution in [3.63, 3.8) is 0 Å². The monoisotopic (exact) mass is 357 g/mol. The number of rotatable bonds is 7. The number of amides is 1. The Balaban J connectivity index is 1.62. The summed E-state index contributed by atoms with van der Waals surface area (Å²) in [7, 11) is 3.12. The van der Waals surface area contributed by atoms with Crippen LogP contribution in [0.2, 0.25) is 0 Å². The Kier molecular flexibility index (Phi) is 5.91. The second kappa shape index (κ2) is 8.53. The van der Waals surface area contributed by atoms with Gasteiger partial charge in [0.05, 0.1) is 31.6 Å². The van der Waals surface area contributed by atoms with Crippen LogP contribution in [0.3, 0.4) is 0 Å². The zero-order chi connectivity index (χ0) is 18.4. The van der Waals surface area contributed by atoms with Crippen molar-refractivity contribution in [3.05, 3.63) is 42.1 Å². The van der Waals surface area contributed by atoms with Crippen molar-refractivity contribution in [3.8, 4) is 11.5 Å². The minimum absolute atomic E-state index is 0.236. The third-order valence-corrected chi connectivity index (χ3v) is 4.22. The molecule has 138 valence electrons. The zero-order valence-corrected chi connectivity index (χ0v) is 15.0. The topological polar surface area (TPSA) is 81.7 Å². The van der Waals surface area contributed by atoms with Crippen molar-refractivity contribution in [1.29, 1.82) is 0 Å². The molecule has 1 aliphatic rings. The molecule has 1 unspecified atom stereocenters. The molecular formula is C19H23N3O4. The van der Waals surface area contributed by atoms with Crippen molar-refractivity contribution in [1.82, 2.24) is 4.98 Å². The number of methoxy groups -OCH3 is 2. The summed E-state index contributed by atoms with van der Waals surface area (Å²) in [6, 6.07) is 8.73. The molecule has 0 radical (unpaired) electrons. The van der Waals surface area contributed by atoms with Crippen LogP contribution in [-0.2, 0) is 4.74 Å². The maximum Gasteiger partial charge on any atom is 0.257 e. The number of benzene rings is 1. The summed E-state index contributed by atoms with van der Waals surface area (Å²) in [4.78, 5) is 16.8. The number of nitrogens with zero attached hydrogens (tertiary/aromatic N) is 1. The van der Waals surface area contributed by atoms with Crippen LogP contribution in [0, 0.1) is 0 Å². The van der Waals surface area contributed by atoms with Gasteiger partial charge in [0.2, 0.25) is 0 Å². The van der Waals surface area contributed by atoms with Gasteiger partial charge in [-0.3, -0.25) is 4.79 Å². The van der Waals surface area contributed by atoms with Gasteiger partial charge < -0.3 is 24.8 Å². The largest absolute Gasteiger partial charge is 0.497 e. The normalized spacial score (nSPS) is 16.2. The van der Waals surface area contributed by atoms with Crippen LogP contribution in [-0.4, -0.2) is 44.4 Å². The van der Waals surface area contributed by atoms with E-state index in [1.807, 2.05) is 0 Å². The van der Waals surface area contributed by atoms with E-state index in [4.69, 9.17) is 14.2 Å². The maximum atomic E-state index is 12.5. The molecule has 26 heavy (non-hydrogen) atoms. The fraction of sp³-hybridized carbons (Fsp3) is 0.368. The van der Waals surface area contributed by atoms with E-state index in [0.29, 0.717) is 22.7 Å². The van der Waals surface area contributed by atoms with Gasteiger partial charge in [-0.05, 0) is 37.1 Å². The third kappa shape index (κ3) is 4.43. The summed E-state index contributed by atoms with van der Waals surface area (Å²) < 4.78 is 16.0. The lowest BCUT2D eigenvalue weighted by atomic mass is 10.2. The highest BCUT2D eigenvalue weighted by Gasteiger charge is 2.15. The van der Waals surface area contributed by atoms with Gasteiger partial charge in [-0.2, -0.15) is 0 Å². The molecule has 2 aromatic rings. The fourth-order valence-electron chi connectivity index (χ4n) is 2.76. The van der Waals surface area contributed by atoms with E-state index in [-0.39, 0.29) is 12.0 Å². The lowest BCUT2D eigenvalue weighted by molar-refractivity contribution is 0.102. The van der Waals surface area contributed by atoms with Crippen LogP contribution < -0.4 is 20.1 Å². The number of anilines is 2. The van der Waals surface area contributed by atoms with Gasteiger partial charge in [-0.25, -0.2) is 4.98 Å². The SMILES string of the molecule is COc1ccc(OC)c(NC(=O)c2ccc(NCC3CCCO3)nc2)c1. The Morgan fingerprint density at radius 2 is 2.15 bits per heavy atom. The van der Waals surface area contributed by atoms with E-state index in [0.717, 1.165) is 31.8 Å². The van der Waals surface area contributed by atoms with Crippen molar-refractivity contribution in [2.45, 2.75) is 18.9 Å². The summed E-state index contributed by atoms with van der Waals surface area (Å²) in [5, 5.41) is 6.06. The van der Waals surface area contributed by atoms with Gasteiger partial charge in [0.1, 0.15) is 17.3 Å². The van der Waals surface area contributed by atoms with Crippen LogP contribution in [0.15, 0.2) is 36.5 Å². The van der Waals surface area contributed by atoms with E-state index in [1.165, 1.54) is 0 Å². The first-order chi connectivity index (χ1) is 12.7. The standard InChI is InChI=1S/C19H23N3O4/c1-24-14-6-7-17(25-2)16(10-14)22-19(23)13-5-8-18(20-11-13)21-12-15-4-3-9-26-15/h5-8,10-11,15H,3-4,9,12H2,1-2H3,(H,20,21)(H,22,23). The average molecular weight is 357 g/mol. The van der Waals surface area contributed by atoms with Gasteiger partial charge in [-0.15, -0.1) is 0 Å². The highest BCUT2D eigenvalue weighted by atomic mass is 16.5. The molecule has 3 rings (SSSR count). The minimum atomic E-state index is -0.269. The highest BCUT2D eigenvalue weighted by Crippen LogP contribution is 2.29. The van der Waals surface area contributed by atoms with Crippen LogP contribution in [0.1, 0.15) is 23.2 Å². The summed E-state index contributed by atoms with van der Waals surface area (Å²) in [6.07, 6.45) is 3.95. The summed E-state index contributed by atoms with van der Waals surface area (Å²) >= 11 is 0. The third-order valence-electron chi connectivity index (χ3n) is 4.22. The molecule has 1 aliphatic heterocycles. The molecule has 0 bridgehead atoms. The Labute approximate surface area is 152 Å². The number of hydrogen-bond donors (Lipinski definition) is 2. The molecule has 0 aliphatic carbocycles. The molecule has 0 saturated carbocycles. The summed E-state index contributed by atoms with van der Waals surface area (Å²) in [5.41, 5.74) is 0.995. The summed E-state index contributed by atoms with van der Waals surface area (Å²) in [5.74, 6) is 1.64. The quantitative estimate of drug-likeness (QED) is 0.793. The average Bonchev–Trinajstić information content (AvgIpc) is 3.20. The minimum Gasteiger partial charge on any atom is -0.497 e. The lowest BCUT2D eigenvalue weighted by Crippen LogP contribution is -2.19. The predicted octanol–water partition coefficient (Wildman–Crippen LogP) is 2.94. The first-order valence-electron chi connectivity index (χ1n) is 8.54. The number of ether oxygens (including phenoxy) is 3. The molecule has 1 fully saturated rings. The van der Waals surface area contributed by atoms with Crippen molar-refractivity contribution in [2.75, 3.05) is 38.0 Å². The maximum absolute atomic E-state index is 12.5. The Hall–Kier alpha value is -2.80. The number of carbonyl (C=O) groups excluding carboxylic acids is 1. The molecule has 1 aromatic carbocycles. The molecule has 1 saturated heterocycles. The number of pyridine rings is 1.